The molecule has 0 bridgehead atoms. The number of ether oxygens (including phenoxy) is 2. The number of carbonyl (C=O) groups excluding carboxylic acids is 1. The minimum atomic E-state index is 0.0371. The lowest BCUT2D eigenvalue weighted by atomic mass is 10.1. The smallest absolute Gasteiger partial charge is 0.231 e. The van der Waals surface area contributed by atoms with E-state index in [-0.39, 0.29) is 12.7 Å². The van der Waals surface area contributed by atoms with Crippen molar-refractivity contribution in [2.24, 2.45) is 0 Å². The minimum Gasteiger partial charge on any atom is -0.454 e. The van der Waals surface area contributed by atoms with E-state index < -0.39 is 0 Å². The van der Waals surface area contributed by atoms with E-state index in [1.165, 1.54) is 0 Å². The van der Waals surface area contributed by atoms with E-state index in [2.05, 4.69) is 0 Å². The summed E-state index contributed by atoms with van der Waals surface area (Å²) in [6.07, 6.45) is 0.381. The molecule has 4 heteroatoms. The van der Waals surface area contributed by atoms with Gasteiger partial charge in [0.1, 0.15) is 0 Å². The fourth-order valence-corrected chi connectivity index (χ4v) is 2.13. The van der Waals surface area contributed by atoms with Crippen LogP contribution >= 0.6 is 0 Å². The molecule has 3 rings (SSSR count). The Morgan fingerprint density at radius 2 is 1.85 bits per heavy atom. The van der Waals surface area contributed by atoms with Crippen molar-refractivity contribution in [3.63, 3.8) is 0 Å². The van der Waals surface area contributed by atoms with Crippen LogP contribution < -0.4 is 14.4 Å². The zero-order chi connectivity index (χ0) is 13.9. The summed E-state index contributed by atoms with van der Waals surface area (Å²) in [5.74, 6) is 1.44. The highest BCUT2D eigenvalue weighted by Crippen LogP contribution is 2.35. The summed E-state index contributed by atoms with van der Waals surface area (Å²) in [6.45, 7) is 0.237. The maximum Gasteiger partial charge on any atom is 0.231 e. The lowest BCUT2D eigenvalue weighted by Gasteiger charge is -2.17. The number of likely N-dealkylation sites (N-methyl/N-ethyl adjacent to an activating group) is 1. The Balaban J connectivity index is 1.75. The highest BCUT2D eigenvalue weighted by Gasteiger charge is 2.17. The molecule has 1 aliphatic heterocycles. The van der Waals surface area contributed by atoms with Gasteiger partial charge in [0.25, 0.3) is 0 Å². The molecule has 0 atom stereocenters. The van der Waals surface area contributed by atoms with Crippen molar-refractivity contribution in [3.8, 4) is 11.5 Å². The fraction of sp³-hybridized carbons (Fsp3) is 0.188. The summed E-state index contributed by atoms with van der Waals surface area (Å²) >= 11 is 0. The Morgan fingerprint density at radius 3 is 2.65 bits per heavy atom. The largest absolute Gasteiger partial charge is 0.454 e. The molecule has 0 radical (unpaired) electrons. The molecule has 2 aromatic rings. The van der Waals surface area contributed by atoms with Crippen LogP contribution in [0.2, 0.25) is 0 Å². The molecular weight excluding hydrogens is 254 g/mol. The number of anilines is 1. The van der Waals surface area contributed by atoms with Crippen molar-refractivity contribution in [1.82, 2.24) is 0 Å². The predicted molar refractivity (Wildman–Crippen MR) is 76.1 cm³/mol. The minimum absolute atomic E-state index is 0.0371. The number of amides is 1. The van der Waals surface area contributed by atoms with Gasteiger partial charge in [-0.15, -0.1) is 0 Å². The summed E-state index contributed by atoms with van der Waals surface area (Å²) in [4.78, 5) is 13.9. The number of nitrogens with zero attached hydrogens (tertiary/aromatic N) is 1. The van der Waals surface area contributed by atoms with Gasteiger partial charge < -0.3 is 14.4 Å². The summed E-state index contributed by atoms with van der Waals surface area (Å²) in [6, 6.07) is 15.2. The van der Waals surface area contributed by atoms with Crippen LogP contribution in [0.4, 0.5) is 5.69 Å². The van der Waals surface area contributed by atoms with Gasteiger partial charge in [0, 0.05) is 18.8 Å². The standard InChI is InChI=1S/C16H15NO3/c1-17(16(18)9-12-5-3-2-4-6-12)13-7-8-14-15(10-13)20-11-19-14/h2-8,10H,9,11H2,1H3. The van der Waals surface area contributed by atoms with Crippen molar-refractivity contribution in [2.45, 2.75) is 6.42 Å². The van der Waals surface area contributed by atoms with Gasteiger partial charge in [0.15, 0.2) is 11.5 Å². The van der Waals surface area contributed by atoms with E-state index in [0.29, 0.717) is 12.2 Å². The third-order valence-corrected chi connectivity index (χ3v) is 3.32. The zero-order valence-electron chi connectivity index (χ0n) is 11.2. The molecule has 2 aromatic carbocycles. The maximum absolute atomic E-state index is 12.3. The second kappa shape index (κ2) is 5.25. The van der Waals surface area contributed by atoms with Gasteiger partial charge >= 0.3 is 0 Å². The first-order valence-electron chi connectivity index (χ1n) is 6.44. The average molecular weight is 269 g/mol. The second-order valence-electron chi connectivity index (χ2n) is 4.65. The summed E-state index contributed by atoms with van der Waals surface area (Å²) in [5.41, 5.74) is 1.81. The van der Waals surface area contributed by atoms with Gasteiger partial charge in [-0.2, -0.15) is 0 Å². The summed E-state index contributed by atoms with van der Waals surface area (Å²) < 4.78 is 10.6. The molecule has 0 fully saturated rings. The first-order valence-corrected chi connectivity index (χ1v) is 6.44. The van der Waals surface area contributed by atoms with Crippen LogP contribution in [-0.4, -0.2) is 19.7 Å². The molecule has 20 heavy (non-hydrogen) atoms. The van der Waals surface area contributed by atoms with E-state index in [4.69, 9.17) is 9.47 Å². The highest BCUT2D eigenvalue weighted by molar-refractivity contribution is 5.94. The number of benzene rings is 2. The molecule has 0 saturated heterocycles. The fourth-order valence-electron chi connectivity index (χ4n) is 2.13. The predicted octanol–water partition coefficient (Wildman–Crippen LogP) is 2.62. The van der Waals surface area contributed by atoms with E-state index in [0.717, 1.165) is 17.0 Å². The van der Waals surface area contributed by atoms with Crippen LogP contribution in [0.15, 0.2) is 48.5 Å². The van der Waals surface area contributed by atoms with E-state index in [9.17, 15) is 4.79 Å². The van der Waals surface area contributed by atoms with E-state index >= 15 is 0 Å². The average Bonchev–Trinajstić information content (AvgIpc) is 2.94. The van der Waals surface area contributed by atoms with Crippen molar-refractivity contribution in [2.75, 3.05) is 18.7 Å². The molecule has 0 unspecified atom stereocenters. The third-order valence-electron chi connectivity index (χ3n) is 3.32. The van der Waals surface area contributed by atoms with E-state index in [1.807, 2.05) is 48.5 Å². The quantitative estimate of drug-likeness (QED) is 0.859. The van der Waals surface area contributed by atoms with Crippen molar-refractivity contribution < 1.29 is 14.3 Å². The van der Waals surface area contributed by atoms with Crippen LogP contribution in [0.25, 0.3) is 0 Å². The van der Waals surface area contributed by atoms with Gasteiger partial charge in [0.2, 0.25) is 12.7 Å². The van der Waals surface area contributed by atoms with Crippen LogP contribution in [-0.2, 0) is 11.2 Å². The normalized spacial score (nSPS) is 12.2. The number of rotatable bonds is 3. The number of carbonyl (C=O) groups is 1. The molecule has 1 amide bonds. The Bertz CT molecular complexity index is 625. The SMILES string of the molecule is CN(C(=O)Cc1ccccc1)c1ccc2c(c1)OCO2. The topological polar surface area (TPSA) is 38.8 Å². The van der Waals surface area contributed by atoms with Crippen LogP contribution in [0.1, 0.15) is 5.56 Å². The van der Waals surface area contributed by atoms with Crippen LogP contribution in [0, 0.1) is 0 Å². The van der Waals surface area contributed by atoms with Gasteiger partial charge in [-0.05, 0) is 17.7 Å². The monoisotopic (exact) mass is 269 g/mol. The molecule has 4 nitrogen and oxygen atoms in total. The van der Waals surface area contributed by atoms with Gasteiger partial charge in [-0.1, -0.05) is 30.3 Å². The summed E-state index contributed by atoms with van der Waals surface area (Å²) in [5, 5.41) is 0. The Morgan fingerprint density at radius 1 is 1.10 bits per heavy atom. The number of hydrogen-bond donors (Lipinski definition) is 0. The molecular formula is C16H15NO3. The van der Waals surface area contributed by atoms with Gasteiger partial charge in [0.05, 0.1) is 6.42 Å². The molecule has 0 aliphatic carbocycles. The van der Waals surface area contributed by atoms with Crippen molar-refractivity contribution >= 4 is 11.6 Å². The molecule has 102 valence electrons. The lowest BCUT2D eigenvalue weighted by Crippen LogP contribution is -2.27. The molecule has 1 aliphatic rings. The van der Waals surface area contributed by atoms with Crippen molar-refractivity contribution in [1.29, 1.82) is 0 Å². The Hall–Kier alpha value is -2.49. The molecule has 1 heterocycles. The third kappa shape index (κ3) is 2.45. The molecule has 0 spiro atoms. The first kappa shape index (κ1) is 12.5. The maximum atomic E-state index is 12.3. The van der Waals surface area contributed by atoms with Gasteiger partial charge in [-0.25, -0.2) is 0 Å². The number of hydrogen-bond acceptors (Lipinski definition) is 3. The van der Waals surface area contributed by atoms with Crippen LogP contribution in [0.5, 0.6) is 11.5 Å². The lowest BCUT2D eigenvalue weighted by molar-refractivity contribution is -0.117. The molecule has 0 aromatic heterocycles. The van der Waals surface area contributed by atoms with Gasteiger partial charge in [-0.3, -0.25) is 4.79 Å². The number of fused-ring (bicyclic) bond motifs is 1. The Labute approximate surface area is 117 Å². The summed E-state index contributed by atoms with van der Waals surface area (Å²) in [7, 11) is 1.77. The molecule has 0 N–H and O–H groups in total. The van der Waals surface area contributed by atoms with Crippen LogP contribution in [0.3, 0.4) is 0 Å². The first-order chi connectivity index (χ1) is 9.74. The van der Waals surface area contributed by atoms with Crippen molar-refractivity contribution in [3.05, 3.63) is 54.1 Å². The zero-order valence-corrected chi connectivity index (χ0v) is 11.2. The Kier molecular flexibility index (Phi) is 3.29. The second-order valence-corrected chi connectivity index (χ2v) is 4.65. The molecule has 0 saturated carbocycles. The van der Waals surface area contributed by atoms with E-state index in [1.54, 1.807) is 11.9 Å². The highest BCUT2D eigenvalue weighted by atomic mass is 16.7.